The highest BCUT2D eigenvalue weighted by atomic mass is 16.6. The van der Waals surface area contributed by atoms with Crippen molar-refractivity contribution in [3.63, 3.8) is 0 Å². The standard InChI is InChI=1S/C16H16BNO5/c1-3-21-16(19)15-7-5-13(9-18-15)23-12-4-6-14-11(8-12)10-22-17(14)20-2/h4-9H,3,10H2,1-2H3. The number of nitrogens with zero attached hydrogens (tertiary/aromatic N) is 1. The molecular weight excluding hydrogens is 297 g/mol. The first-order valence-corrected chi connectivity index (χ1v) is 7.29. The number of fused-ring (bicyclic) bond motifs is 1. The van der Waals surface area contributed by atoms with Gasteiger partial charge in [0.1, 0.15) is 17.2 Å². The first-order valence-electron chi connectivity index (χ1n) is 7.29. The van der Waals surface area contributed by atoms with Crippen LogP contribution in [-0.4, -0.2) is 31.8 Å². The molecule has 6 nitrogen and oxygen atoms in total. The van der Waals surface area contributed by atoms with Gasteiger partial charge < -0.3 is 18.8 Å². The van der Waals surface area contributed by atoms with E-state index >= 15 is 0 Å². The fraction of sp³-hybridized carbons (Fsp3) is 0.250. The molecule has 0 aliphatic carbocycles. The van der Waals surface area contributed by atoms with E-state index in [1.807, 2.05) is 18.2 Å². The highest BCUT2D eigenvalue weighted by molar-refractivity contribution is 6.62. The van der Waals surface area contributed by atoms with Crippen LogP contribution < -0.4 is 10.2 Å². The summed E-state index contributed by atoms with van der Waals surface area (Å²) in [6.07, 6.45) is 1.49. The van der Waals surface area contributed by atoms with Gasteiger partial charge in [-0.1, -0.05) is 6.07 Å². The topological polar surface area (TPSA) is 66.9 Å². The smallest absolute Gasteiger partial charge is 0.461 e. The van der Waals surface area contributed by atoms with Gasteiger partial charge in [0.25, 0.3) is 0 Å². The van der Waals surface area contributed by atoms with Crippen LogP contribution in [0.4, 0.5) is 0 Å². The fourth-order valence-corrected chi connectivity index (χ4v) is 2.35. The van der Waals surface area contributed by atoms with Crippen molar-refractivity contribution in [1.82, 2.24) is 4.98 Å². The van der Waals surface area contributed by atoms with E-state index < -0.39 is 5.97 Å². The molecule has 1 aliphatic heterocycles. The first kappa shape index (κ1) is 15.5. The Hall–Kier alpha value is -2.38. The summed E-state index contributed by atoms with van der Waals surface area (Å²) in [4.78, 5) is 15.6. The SMILES string of the molecule is CCOC(=O)c1ccc(Oc2ccc3c(c2)COB3OC)cn1. The molecular formula is C16H16BNO5. The summed E-state index contributed by atoms with van der Waals surface area (Å²) in [6.45, 7) is 2.56. The van der Waals surface area contributed by atoms with Crippen LogP contribution in [0.3, 0.4) is 0 Å². The molecule has 0 unspecified atom stereocenters. The van der Waals surface area contributed by atoms with Crippen LogP contribution in [0.5, 0.6) is 11.5 Å². The predicted octanol–water partition coefficient (Wildman–Crippen LogP) is 1.92. The summed E-state index contributed by atoms with van der Waals surface area (Å²) in [7, 11) is 1.30. The summed E-state index contributed by atoms with van der Waals surface area (Å²) < 4.78 is 21.4. The van der Waals surface area contributed by atoms with Gasteiger partial charge in [-0.15, -0.1) is 0 Å². The van der Waals surface area contributed by atoms with Gasteiger partial charge >= 0.3 is 13.1 Å². The molecule has 0 spiro atoms. The summed E-state index contributed by atoms with van der Waals surface area (Å²) in [5, 5.41) is 0. The lowest BCUT2D eigenvalue weighted by Crippen LogP contribution is -2.30. The second kappa shape index (κ2) is 6.81. The fourth-order valence-electron chi connectivity index (χ4n) is 2.35. The number of pyridine rings is 1. The minimum absolute atomic E-state index is 0.254. The number of hydrogen-bond acceptors (Lipinski definition) is 6. The van der Waals surface area contributed by atoms with Gasteiger partial charge in [-0.2, -0.15) is 0 Å². The third-order valence-electron chi connectivity index (χ3n) is 3.43. The second-order valence-electron chi connectivity index (χ2n) is 4.94. The number of rotatable bonds is 5. The molecule has 0 radical (unpaired) electrons. The number of carbonyl (C=O) groups excluding carboxylic acids is 1. The van der Waals surface area contributed by atoms with Crippen molar-refractivity contribution >= 4 is 18.6 Å². The van der Waals surface area contributed by atoms with Crippen molar-refractivity contribution in [2.45, 2.75) is 13.5 Å². The third kappa shape index (κ3) is 3.36. The van der Waals surface area contributed by atoms with Crippen LogP contribution >= 0.6 is 0 Å². The van der Waals surface area contributed by atoms with Gasteiger partial charge in [-0.3, -0.25) is 0 Å². The monoisotopic (exact) mass is 313 g/mol. The van der Waals surface area contributed by atoms with Gasteiger partial charge in [0.2, 0.25) is 0 Å². The summed E-state index contributed by atoms with van der Waals surface area (Å²) in [5.74, 6) is 0.773. The molecule has 118 valence electrons. The second-order valence-corrected chi connectivity index (χ2v) is 4.94. The Bertz CT molecular complexity index is 704. The summed E-state index contributed by atoms with van der Waals surface area (Å²) >= 11 is 0. The summed E-state index contributed by atoms with van der Waals surface area (Å²) in [5.41, 5.74) is 2.30. The third-order valence-corrected chi connectivity index (χ3v) is 3.43. The molecule has 0 atom stereocenters. The van der Waals surface area contributed by atoms with Crippen LogP contribution in [-0.2, 0) is 20.7 Å². The van der Waals surface area contributed by atoms with Crippen LogP contribution in [0.15, 0.2) is 36.5 Å². The van der Waals surface area contributed by atoms with E-state index in [2.05, 4.69) is 4.98 Å². The highest BCUT2D eigenvalue weighted by Crippen LogP contribution is 2.23. The molecule has 0 fully saturated rings. The number of esters is 1. The van der Waals surface area contributed by atoms with E-state index in [0.717, 1.165) is 11.0 Å². The Labute approximate surface area is 134 Å². The summed E-state index contributed by atoms with van der Waals surface area (Å²) in [6, 6.07) is 8.93. The lowest BCUT2D eigenvalue weighted by Gasteiger charge is -2.08. The molecule has 23 heavy (non-hydrogen) atoms. The van der Waals surface area contributed by atoms with Gasteiger partial charge in [-0.05, 0) is 42.2 Å². The average Bonchev–Trinajstić information content (AvgIpc) is 2.98. The Kier molecular flexibility index (Phi) is 4.59. The van der Waals surface area contributed by atoms with Crippen molar-refractivity contribution in [3.8, 4) is 11.5 Å². The van der Waals surface area contributed by atoms with Gasteiger partial charge in [0.15, 0.2) is 0 Å². The quantitative estimate of drug-likeness (QED) is 0.620. The number of ether oxygens (including phenoxy) is 2. The Balaban J connectivity index is 1.71. The van der Waals surface area contributed by atoms with Crippen LogP contribution in [0.25, 0.3) is 0 Å². The van der Waals surface area contributed by atoms with Crippen LogP contribution in [0.2, 0.25) is 0 Å². The molecule has 0 saturated heterocycles. The Morgan fingerprint density at radius 2 is 2.13 bits per heavy atom. The van der Waals surface area contributed by atoms with Crippen molar-refractivity contribution in [2.75, 3.05) is 13.7 Å². The number of hydrogen-bond donors (Lipinski definition) is 0. The zero-order valence-electron chi connectivity index (χ0n) is 12.9. The molecule has 2 aromatic rings. The highest BCUT2D eigenvalue weighted by Gasteiger charge is 2.29. The van der Waals surface area contributed by atoms with Gasteiger partial charge in [-0.25, -0.2) is 9.78 Å². The van der Waals surface area contributed by atoms with E-state index in [-0.39, 0.29) is 12.8 Å². The molecule has 2 heterocycles. The van der Waals surface area contributed by atoms with Gasteiger partial charge in [0, 0.05) is 7.11 Å². The largest absolute Gasteiger partial charge is 0.494 e. The van der Waals surface area contributed by atoms with Crippen molar-refractivity contribution in [1.29, 1.82) is 0 Å². The minimum atomic E-state index is -0.445. The lowest BCUT2D eigenvalue weighted by molar-refractivity contribution is 0.0519. The number of benzene rings is 1. The van der Waals surface area contributed by atoms with E-state index in [1.165, 1.54) is 6.20 Å². The normalized spacial score (nSPS) is 12.9. The van der Waals surface area contributed by atoms with Crippen LogP contribution in [0.1, 0.15) is 23.0 Å². The predicted molar refractivity (Wildman–Crippen MR) is 83.9 cm³/mol. The van der Waals surface area contributed by atoms with E-state index in [4.69, 9.17) is 18.8 Å². The molecule has 7 heteroatoms. The number of aromatic nitrogens is 1. The van der Waals surface area contributed by atoms with Crippen molar-refractivity contribution in [3.05, 3.63) is 47.8 Å². The van der Waals surface area contributed by atoms with Gasteiger partial charge in [0.05, 0.1) is 19.4 Å². The molecule has 3 rings (SSSR count). The van der Waals surface area contributed by atoms with E-state index in [9.17, 15) is 4.79 Å². The Morgan fingerprint density at radius 3 is 2.83 bits per heavy atom. The molecule has 0 saturated carbocycles. The maximum absolute atomic E-state index is 11.6. The van der Waals surface area contributed by atoms with Crippen molar-refractivity contribution < 1.29 is 23.6 Å². The van der Waals surface area contributed by atoms with E-state index in [1.54, 1.807) is 26.2 Å². The minimum Gasteiger partial charge on any atom is -0.461 e. The number of carbonyl (C=O) groups is 1. The molecule has 1 aromatic heterocycles. The lowest BCUT2D eigenvalue weighted by atomic mass is 9.79. The Morgan fingerprint density at radius 1 is 1.30 bits per heavy atom. The zero-order valence-corrected chi connectivity index (χ0v) is 12.9. The molecule has 0 N–H and O–H groups in total. The molecule has 0 bridgehead atoms. The first-order chi connectivity index (χ1) is 11.2. The molecule has 0 amide bonds. The maximum Gasteiger partial charge on any atom is 0.494 e. The van der Waals surface area contributed by atoms with Crippen LogP contribution in [0, 0.1) is 0 Å². The van der Waals surface area contributed by atoms with E-state index in [0.29, 0.717) is 24.7 Å². The molecule has 1 aliphatic rings. The van der Waals surface area contributed by atoms with Crippen molar-refractivity contribution in [2.24, 2.45) is 0 Å². The maximum atomic E-state index is 11.6. The average molecular weight is 313 g/mol. The molecule has 1 aromatic carbocycles. The zero-order chi connectivity index (χ0) is 16.2.